The summed E-state index contributed by atoms with van der Waals surface area (Å²) in [5.74, 6) is -1.01. The van der Waals surface area contributed by atoms with Crippen LogP contribution in [0.3, 0.4) is 0 Å². The van der Waals surface area contributed by atoms with Gasteiger partial charge < -0.3 is 10.4 Å². The van der Waals surface area contributed by atoms with Gasteiger partial charge in [-0.15, -0.1) is 11.3 Å². The lowest BCUT2D eigenvalue weighted by atomic mass is 10.1. The number of carbonyl (C=O) groups is 1. The maximum absolute atomic E-state index is 11.2. The van der Waals surface area contributed by atoms with Crippen LogP contribution in [-0.4, -0.2) is 16.0 Å². The van der Waals surface area contributed by atoms with Gasteiger partial charge in [-0.2, -0.15) is 0 Å². The number of anilines is 2. The Hall–Kier alpha value is -2.93. The third-order valence-corrected chi connectivity index (χ3v) is 4.13. The molecule has 0 atom stereocenters. The van der Waals surface area contributed by atoms with Crippen molar-refractivity contribution in [1.82, 2.24) is 0 Å². The molecule has 3 rings (SSSR count). The Morgan fingerprint density at radius 2 is 1.82 bits per heavy atom. The predicted molar refractivity (Wildman–Crippen MR) is 85.2 cm³/mol. The molecule has 6 nitrogen and oxygen atoms in total. The summed E-state index contributed by atoms with van der Waals surface area (Å²) in [6.45, 7) is 0. The van der Waals surface area contributed by atoms with Crippen LogP contribution >= 0.6 is 11.3 Å². The predicted octanol–water partition coefficient (Wildman–Crippen LogP) is 4.25. The third kappa shape index (κ3) is 2.38. The molecular weight excluding hydrogens is 304 g/mol. The molecule has 0 bridgehead atoms. The monoisotopic (exact) mass is 314 g/mol. The normalized spacial score (nSPS) is 10.5. The quantitative estimate of drug-likeness (QED) is 0.554. The van der Waals surface area contributed by atoms with E-state index >= 15 is 0 Å². The fourth-order valence-electron chi connectivity index (χ4n) is 2.27. The van der Waals surface area contributed by atoms with Crippen LogP contribution in [0.4, 0.5) is 17.1 Å². The lowest BCUT2D eigenvalue weighted by Crippen LogP contribution is -1.99. The van der Waals surface area contributed by atoms with Gasteiger partial charge in [-0.3, -0.25) is 10.1 Å². The van der Waals surface area contributed by atoms with E-state index in [1.165, 1.54) is 6.07 Å². The Bertz CT molecular complexity index is 888. The van der Waals surface area contributed by atoms with Crippen LogP contribution in [0.15, 0.2) is 47.8 Å². The molecule has 2 aromatic carbocycles. The number of carboxylic acids is 1. The molecule has 0 amide bonds. The first-order valence-electron chi connectivity index (χ1n) is 6.32. The number of hydrogen-bond donors (Lipinski definition) is 2. The Morgan fingerprint density at radius 3 is 2.50 bits per heavy atom. The van der Waals surface area contributed by atoms with Crippen LogP contribution in [-0.2, 0) is 0 Å². The van der Waals surface area contributed by atoms with Gasteiger partial charge in [0.1, 0.15) is 4.88 Å². The second-order valence-corrected chi connectivity index (χ2v) is 5.44. The van der Waals surface area contributed by atoms with Crippen molar-refractivity contribution in [1.29, 1.82) is 0 Å². The Morgan fingerprint density at radius 1 is 1.09 bits per heavy atom. The van der Waals surface area contributed by atoms with Crippen molar-refractivity contribution in [3.8, 4) is 0 Å². The number of fused-ring (bicyclic) bond motifs is 1. The average molecular weight is 314 g/mol. The van der Waals surface area contributed by atoms with Crippen LogP contribution < -0.4 is 5.32 Å². The summed E-state index contributed by atoms with van der Waals surface area (Å²) < 4.78 is 0. The molecule has 2 N–H and O–H groups in total. The van der Waals surface area contributed by atoms with Crippen molar-refractivity contribution >= 4 is 45.1 Å². The van der Waals surface area contributed by atoms with Crippen molar-refractivity contribution in [3.05, 3.63) is 62.8 Å². The standard InChI is InChI=1S/C15H10N2O4S/c18-15(19)14-12(7-8-22-14)16-11-5-6-13(17(20)21)10-4-2-1-3-9(10)11/h1-8,16H,(H,18,19). The Kier molecular flexibility index (Phi) is 3.48. The number of non-ortho nitro benzene ring substituents is 1. The van der Waals surface area contributed by atoms with E-state index in [9.17, 15) is 14.9 Å². The van der Waals surface area contributed by atoms with Crippen molar-refractivity contribution in [3.63, 3.8) is 0 Å². The number of rotatable bonds is 4. The van der Waals surface area contributed by atoms with E-state index in [1.807, 2.05) is 0 Å². The first-order valence-corrected chi connectivity index (χ1v) is 7.20. The molecule has 0 aliphatic carbocycles. The van der Waals surface area contributed by atoms with Crippen molar-refractivity contribution in [2.45, 2.75) is 0 Å². The molecule has 0 unspecified atom stereocenters. The topological polar surface area (TPSA) is 92.5 Å². The molecule has 22 heavy (non-hydrogen) atoms. The van der Waals surface area contributed by atoms with Crippen molar-refractivity contribution in [2.24, 2.45) is 0 Å². The zero-order chi connectivity index (χ0) is 15.7. The summed E-state index contributed by atoms with van der Waals surface area (Å²) in [7, 11) is 0. The maximum Gasteiger partial charge on any atom is 0.348 e. The number of nitrogens with one attached hydrogen (secondary N) is 1. The minimum Gasteiger partial charge on any atom is -0.477 e. The van der Waals surface area contributed by atoms with Crippen LogP contribution in [0.25, 0.3) is 10.8 Å². The molecule has 110 valence electrons. The van der Waals surface area contributed by atoms with E-state index < -0.39 is 10.9 Å². The van der Waals surface area contributed by atoms with Crippen LogP contribution in [0.5, 0.6) is 0 Å². The number of carboxylic acid groups (broad SMARTS) is 1. The molecule has 0 radical (unpaired) electrons. The summed E-state index contributed by atoms with van der Waals surface area (Å²) in [6.07, 6.45) is 0. The van der Waals surface area contributed by atoms with Crippen LogP contribution in [0.1, 0.15) is 9.67 Å². The number of nitro benzene ring substituents is 1. The van der Waals surface area contributed by atoms with E-state index in [2.05, 4.69) is 5.32 Å². The molecule has 3 aromatic rings. The Balaban J connectivity index is 2.12. The summed E-state index contributed by atoms with van der Waals surface area (Å²) in [5.41, 5.74) is 1.11. The van der Waals surface area contributed by atoms with Crippen LogP contribution in [0.2, 0.25) is 0 Å². The first-order chi connectivity index (χ1) is 10.6. The number of hydrogen-bond acceptors (Lipinski definition) is 5. The van der Waals surface area contributed by atoms with Crippen molar-refractivity contribution in [2.75, 3.05) is 5.32 Å². The smallest absolute Gasteiger partial charge is 0.348 e. The zero-order valence-electron chi connectivity index (χ0n) is 11.1. The molecule has 1 heterocycles. The van der Waals surface area contributed by atoms with E-state index in [4.69, 9.17) is 5.11 Å². The highest BCUT2D eigenvalue weighted by Crippen LogP contribution is 2.34. The van der Waals surface area contributed by atoms with Crippen LogP contribution in [0, 0.1) is 10.1 Å². The molecule has 1 aromatic heterocycles. The van der Waals surface area contributed by atoms with E-state index in [0.717, 1.165) is 11.3 Å². The first kappa shape index (κ1) is 14.0. The van der Waals surface area contributed by atoms with Gasteiger partial charge in [0.2, 0.25) is 0 Å². The van der Waals surface area contributed by atoms with Gasteiger partial charge in [0.05, 0.1) is 16.0 Å². The van der Waals surface area contributed by atoms with Gasteiger partial charge in [0, 0.05) is 17.1 Å². The summed E-state index contributed by atoms with van der Waals surface area (Å²) in [4.78, 5) is 22.0. The highest BCUT2D eigenvalue weighted by Gasteiger charge is 2.16. The second kappa shape index (κ2) is 5.45. The number of benzene rings is 2. The Labute approximate surface area is 128 Å². The van der Waals surface area contributed by atoms with E-state index in [1.54, 1.807) is 41.8 Å². The second-order valence-electron chi connectivity index (χ2n) is 4.53. The molecule has 7 heteroatoms. The number of nitrogens with zero attached hydrogens (tertiary/aromatic N) is 1. The molecule has 0 fully saturated rings. The molecule has 0 aliphatic heterocycles. The molecule has 0 saturated carbocycles. The highest BCUT2D eigenvalue weighted by molar-refractivity contribution is 7.12. The fraction of sp³-hybridized carbons (Fsp3) is 0. The number of nitro groups is 1. The lowest BCUT2D eigenvalue weighted by molar-refractivity contribution is -0.383. The van der Waals surface area contributed by atoms with Gasteiger partial charge in [-0.25, -0.2) is 4.79 Å². The zero-order valence-corrected chi connectivity index (χ0v) is 12.0. The van der Waals surface area contributed by atoms with E-state index in [0.29, 0.717) is 22.1 Å². The molecule has 0 spiro atoms. The average Bonchev–Trinajstić information content (AvgIpc) is 2.95. The molecule has 0 saturated heterocycles. The minimum absolute atomic E-state index is 0.0185. The third-order valence-electron chi connectivity index (χ3n) is 3.23. The largest absolute Gasteiger partial charge is 0.477 e. The lowest BCUT2D eigenvalue weighted by Gasteiger charge is -2.09. The van der Waals surface area contributed by atoms with Gasteiger partial charge in [-0.05, 0) is 23.6 Å². The van der Waals surface area contributed by atoms with Crippen molar-refractivity contribution < 1.29 is 14.8 Å². The molecular formula is C15H10N2O4S. The van der Waals surface area contributed by atoms with E-state index in [-0.39, 0.29) is 10.6 Å². The summed E-state index contributed by atoms with van der Waals surface area (Å²) in [5, 5.41) is 26.1. The molecule has 0 aliphatic rings. The van der Waals surface area contributed by atoms with Gasteiger partial charge in [0.25, 0.3) is 5.69 Å². The highest BCUT2D eigenvalue weighted by atomic mass is 32.1. The maximum atomic E-state index is 11.2. The SMILES string of the molecule is O=C(O)c1sccc1Nc1ccc([N+](=O)[O-])c2ccccc12. The minimum atomic E-state index is -1.01. The summed E-state index contributed by atoms with van der Waals surface area (Å²) in [6, 6.07) is 11.6. The number of aromatic carboxylic acids is 1. The van der Waals surface area contributed by atoms with Gasteiger partial charge in [-0.1, -0.05) is 18.2 Å². The summed E-state index contributed by atoms with van der Waals surface area (Å²) >= 11 is 1.12. The number of thiophene rings is 1. The van der Waals surface area contributed by atoms with Gasteiger partial charge >= 0.3 is 5.97 Å². The fourth-order valence-corrected chi connectivity index (χ4v) is 2.96. The van der Waals surface area contributed by atoms with Gasteiger partial charge in [0.15, 0.2) is 0 Å².